The van der Waals surface area contributed by atoms with E-state index in [-0.39, 0.29) is 15.4 Å². The first-order valence-corrected chi connectivity index (χ1v) is 7.45. The Morgan fingerprint density at radius 2 is 1.06 bits per heavy atom. The predicted molar refractivity (Wildman–Crippen MR) is 81.2 cm³/mol. The number of halogens is 2. The summed E-state index contributed by atoms with van der Waals surface area (Å²) in [6.45, 7) is 0. The van der Waals surface area contributed by atoms with Crippen molar-refractivity contribution in [3.05, 3.63) is 71.8 Å². The molecule has 2 atom stereocenters. The van der Waals surface area contributed by atoms with Gasteiger partial charge in [-0.2, -0.15) is 0 Å². The van der Waals surface area contributed by atoms with Crippen molar-refractivity contribution in [3.63, 3.8) is 0 Å². The van der Waals surface area contributed by atoms with Gasteiger partial charge in [0.1, 0.15) is 0 Å². The number of carbonyl (C=O) groups excluding carboxylic acids is 1. The van der Waals surface area contributed by atoms with E-state index in [4.69, 9.17) is 0 Å². The molecule has 0 radical (unpaired) electrons. The minimum absolute atomic E-state index is 0.104. The molecule has 3 heteroatoms. The van der Waals surface area contributed by atoms with Crippen LogP contribution in [0.2, 0.25) is 0 Å². The van der Waals surface area contributed by atoms with Gasteiger partial charge in [-0.05, 0) is 11.1 Å². The standard InChI is InChI=1S/C15H12Br2O/c16-13(11-7-3-1-4-8-11)15(18)14(17)12-9-5-2-6-10-12/h1-10,13-14H/t13-,14+. The topological polar surface area (TPSA) is 17.1 Å². The van der Waals surface area contributed by atoms with Gasteiger partial charge in [0, 0.05) is 0 Å². The summed E-state index contributed by atoms with van der Waals surface area (Å²) in [4.78, 5) is 11.8. The van der Waals surface area contributed by atoms with Crippen molar-refractivity contribution in [1.82, 2.24) is 0 Å². The fraction of sp³-hybridized carbons (Fsp3) is 0.133. The zero-order valence-electron chi connectivity index (χ0n) is 9.59. The zero-order valence-corrected chi connectivity index (χ0v) is 12.8. The lowest BCUT2D eigenvalue weighted by Gasteiger charge is -2.14. The van der Waals surface area contributed by atoms with E-state index in [2.05, 4.69) is 31.9 Å². The Balaban J connectivity index is 2.17. The first-order valence-electron chi connectivity index (χ1n) is 5.62. The monoisotopic (exact) mass is 366 g/mol. The third kappa shape index (κ3) is 3.09. The normalized spacial score (nSPS) is 13.9. The molecule has 0 N–H and O–H groups in total. The second-order valence-electron chi connectivity index (χ2n) is 3.95. The third-order valence-electron chi connectivity index (χ3n) is 2.68. The summed E-state index contributed by atoms with van der Waals surface area (Å²) in [5.41, 5.74) is 1.95. The molecule has 2 aromatic rings. The van der Waals surface area contributed by atoms with Crippen molar-refractivity contribution in [1.29, 1.82) is 0 Å². The van der Waals surface area contributed by atoms with E-state index in [9.17, 15) is 4.79 Å². The molecule has 2 rings (SSSR count). The summed E-state index contributed by atoms with van der Waals surface area (Å²) in [6.07, 6.45) is 0. The zero-order chi connectivity index (χ0) is 13.0. The number of benzene rings is 2. The summed E-state index contributed by atoms with van der Waals surface area (Å²) >= 11 is 6.94. The van der Waals surface area contributed by atoms with Crippen LogP contribution in [-0.4, -0.2) is 5.78 Å². The number of hydrogen-bond donors (Lipinski definition) is 0. The Kier molecular flexibility index (Phi) is 4.72. The summed E-state index contributed by atoms with van der Waals surface area (Å²) in [7, 11) is 0. The number of alkyl halides is 2. The van der Waals surface area contributed by atoms with Gasteiger partial charge in [-0.3, -0.25) is 4.79 Å². The second kappa shape index (κ2) is 6.30. The van der Waals surface area contributed by atoms with Gasteiger partial charge in [0.2, 0.25) is 0 Å². The smallest absolute Gasteiger partial charge is 0.168 e. The van der Waals surface area contributed by atoms with Crippen LogP contribution >= 0.6 is 31.9 Å². The van der Waals surface area contributed by atoms with E-state index in [1.807, 2.05) is 60.7 Å². The highest BCUT2D eigenvalue weighted by molar-refractivity contribution is 9.10. The maximum atomic E-state index is 12.4. The SMILES string of the molecule is O=C([C@@H](Br)c1ccccc1)[C@H](Br)c1ccccc1. The molecule has 0 aromatic heterocycles. The van der Waals surface area contributed by atoms with Crippen LogP contribution in [0.4, 0.5) is 0 Å². The molecular formula is C15H12Br2O. The number of hydrogen-bond acceptors (Lipinski definition) is 1. The molecule has 0 spiro atoms. The molecule has 0 aliphatic rings. The summed E-state index contributed by atoms with van der Waals surface area (Å²) in [6, 6.07) is 19.4. The maximum Gasteiger partial charge on any atom is 0.168 e. The summed E-state index contributed by atoms with van der Waals surface area (Å²) in [5.74, 6) is 0.104. The van der Waals surface area contributed by atoms with Crippen molar-refractivity contribution in [2.45, 2.75) is 9.65 Å². The average Bonchev–Trinajstić information content (AvgIpc) is 2.47. The van der Waals surface area contributed by atoms with Gasteiger partial charge in [0.15, 0.2) is 5.78 Å². The number of Topliss-reactive ketones (excluding diaryl/α,β-unsaturated/α-hetero) is 1. The highest BCUT2D eigenvalue weighted by atomic mass is 79.9. The molecule has 18 heavy (non-hydrogen) atoms. The first kappa shape index (κ1) is 13.5. The van der Waals surface area contributed by atoms with Crippen LogP contribution in [0.15, 0.2) is 60.7 Å². The molecule has 0 aliphatic carbocycles. The molecule has 2 aromatic carbocycles. The molecule has 0 unspecified atom stereocenters. The fourth-order valence-corrected chi connectivity index (χ4v) is 3.19. The van der Waals surface area contributed by atoms with Crippen molar-refractivity contribution in [2.24, 2.45) is 0 Å². The van der Waals surface area contributed by atoms with Gasteiger partial charge in [0.05, 0.1) is 9.65 Å². The van der Waals surface area contributed by atoms with Gasteiger partial charge >= 0.3 is 0 Å². The van der Waals surface area contributed by atoms with Crippen molar-refractivity contribution >= 4 is 37.6 Å². The van der Waals surface area contributed by atoms with Gasteiger partial charge in [-0.15, -0.1) is 0 Å². The highest BCUT2D eigenvalue weighted by Crippen LogP contribution is 2.34. The van der Waals surface area contributed by atoms with Gasteiger partial charge in [0.25, 0.3) is 0 Å². The largest absolute Gasteiger partial charge is 0.296 e. The summed E-state index contributed by atoms with van der Waals surface area (Å²) < 4.78 is 0. The van der Waals surface area contributed by atoms with Crippen LogP contribution in [0.5, 0.6) is 0 Å². The lowest BCUT2D eigenvalue weighted by molar-refractivity contribution is -0.118. The third-order valence-corrected chi connectivity index (χ3v) is 4.64. The molecule has 0 fully saturated rings. The Morgan fingerprint density at radius 3 is 1.39 bits per heavy atom. The van der Waals surface area contributed by atoms with Crippen LogP contribution in [0.3, 0.4) is 0 Å². The molecule has 0 saturated carbocycles. The van der Waals surface area contributed by atoms with Crippen molar-refractivity contribution in [2.75, 3.05) is 0 Å². The van der Waals surface area contributed by atoms with E-state index in [1.54, 1.807) is 0 Å². The van der Waals surface area contributed by atoms with Crippen LogP contribution in [-0.2, 0) is 4.79 Å². The van der Waals surface area contributed by atoms with Crippen molar-refractivity contribution < 1.29 is 4.79 Å². The van der Waals surface area contributed by atoms with Crippen LogP contribution in [0.25, 0.3) is 0 Å². The molecule has 92 valence electrons. The van der Waals surface area contributed by atoms with Gasteiger partial charge in [-0.25, -0.2) is 0 Å². The Hall–Kier alpha value is -0.930. The quantitative estimate of drug-likeness (QED) is 0.707. The molecule has 0 saturated heterocycles. The molecule has 0 aliphatic heterocycles. The number of carbonyl (C=O) groups is 1. The Bertz CT molecular complexity index is 463. The Labute approximate surface area is 123 Å². The molecule has 1 nitrogen and oxygen atoms in total. The van der Waals surface area contributed by atoms with Gasteiger partial charge < -0.3 is 0 Å². The molecular weight excluding hydrogens is 356 g/mol. The predicted octanol–water partition coefficient (Wildman–Crippen LogP) is 4.83. The molecule has 0 heterocycles. The number of rotatable bonds is 4. The maximum absolute atomic E-state index is 12.4. The fourth-order valence-electron chi connectivity index (χ4n) is 1.70. The van der Waals surface area contributed by atoms with E-state index >= 15 is 0 Å². The van der Waals surface area contributed by atoms with E-state index < -0.39 is 0 Å². The van der Waals surface area contributed by atoms with E-state index in [0.717, 1.165) is 11.1 Å². The van der Waals surface area contributed by atoms with Crippen molar-refractivity contribution in [3.8, 4) is 0 Å². The first-order chi connectivity index (χ1) is 8.70. The van der Waals surface area contributed by atoms with E-state index in [0.29, 0.717) is 0 Å². The number of ketones is 1. The lowest BCUT2D eigenvalue weighted by atomic mass is 10.0. The Morgan fingerprint density at radius 1 is 0.722 bits per heavy atom. The van der Waals surface area contributed by atoms with E-state index in [1.165, 1.54) is 0 Å². The summed E-state index contributed by atoms with van der Waals surface area (Å²) in [5, 5.41) is 0. The second-order valence-corrected chi connectivity index (χ2v) is 5.78. The molecule has 0 amide bonds. The molecule has 0 bridgehead atoms. The highest BCUT2D eigenvalue weighted by Gasteiger charge is 2.25. The van der Waals surface area contributed by atoms with Gasteiger partial charge in [-0.1, -0.05) is 92.5 Å². The average molecular weight is 368 g/mol. The van der Waals surface area contributed by atoms with Crippen LogP contribution in [0, 0.1) is 0 Å². The van der Waals surface area contributed by atoms with Crippen LogP contribution in [0.1, 0.15) is 20.8 Å². The minimum atomic E-state index is -0.289. The lowest BCUT2D eigenvalue weighted by Crippen LogP contribution is -2.12. The van der Waals surface area contributed by atoms with Crippen LogP contribution < -0.4 is 0 Å². The minimum Gasteiger partial charge on any atom is -0.296 e.